The quantitative estimate of drug-likeness (QED) is 0.539. The monoisotopic (exact) mass is 407 g/mol. The molecule has 0 atom stereocenters. The van der Waals surface area contributed by atoms with Crippen LogP contribution in [0.4, 0.5) is 9.39 Å². The maximum atomic E-state index is 13.4. The third kappa shape index (κ3) is 5.10. The zero-order valence-corrected chi connectivity index (χ0v) is 15.8. The van der Waals surface area contributed by atoms with Gasteiger partial charge in [0.25, 0.3) is 0 Å². The van der Waals surface area contributed by atoms with Crippen LogP contribution in [0, 0.1) is 11.0 Å². The molecule has 0 aliphatic carbocycles. The summed E-state index contributed by atoms with van der Waals surface area (Å²) in [6.07, 6.45) is 2.78. The van der Waals surface area contributed by atoms with Crippen LogP contribution in [-0.4, -0.2) is 37.9 Å². The molecule has 11 heteroatoms. The summed E-state index contributed by atoms with van der Waals surface area (Å²) < 4.78 is 36.2. The number of halogens is 2. The number of sulfone groups is 1. The third-order valence-electron chi connectivity index (χ3n) is 3.18. The Morgan fingerprint density at radius 2 is 2.16 bits per heavy atom. The fourth-order valence-electron chi connectivity index (χ4n) is 2.06. The van der Waals surface area contributed by atoms with E-state index in [0.29, 0.717) is 9.73 Å². The molecule has 0 unspecified atom stereocenters. The number of amides is 1. The van der Waals surface area contributed by atoms with E-state index in [9.17, 15) is 22.8 Å². The standard InChI is InChI=1S/C14H15ClFN3O4S2/c1-3-19(11(20)4-5-25(2,22)23)14-12(15)17-13(24-14)9-6-10(16)8-18(21)7-9/h6-8H,3-5H2,1-2H3. The summed E-state index contributed by atoms with van der Waals surface area (Å²) in [7, 11) is -3.27. The highest BCUT2D eigenvalue weighted by Gasteiger charge is 2.23. The second-order valence-electron chi connectivity index (χ2n) is 5.24. The molecule has 25 heavy (non-hydrogen) atoms. The van der Waals surface area contributed by atoms with Gasteiger partial charge in [0.1, 0.15) is 19.8 Å². The van der Waals surface area contributed by atoms with E-state index in [1.165, 1.54) is 4.90 Å². The lowest BCUT2D eigenvalue weighted by Gasteiger charge is -2.18. The van der Waals surface area contributed by atoms with Gasteiger partial charge in [-0.25, -0.2) is 17.8 Å². The predicted molar refractivity (Wildman–Crippen MR) is 93.8 cm³/mol. The highest BCUT2D eigenvalue weighted by atomic mass is 35.5. The van der Waals surface area contributed by atoms with Gasteiger partial charge in [-0.05, 0) is 13.0 Å². The minimum absolute atomic E-state index is 0.0243. The summed E-state index contributed by atoms with van der Waals surface area (Å²) >= 11 is 7.11. The van der Waals surface area contributed by atoms with Crippen LogP contribution in [0.3, 0.4) is 0 Å². The van der Waals surface area contributed by atoms with Crippen LogP contribution in [0.1, 0.15) is 13.3 Å². The summed E-state index contributed by atoms with van der Waals surface area (Å²) in [6, 6.07) is 1.13. The highest BCUT2D eigenvalue weighted by Crippen LogP contribution is 2.37. The molecular formula is C14H15ClFN3O4S2. The van der Waals surface area contributed by atoms with E-state index < -0.39 is 21.6 Å². The number of carbonyl (C=O) groups excluding carboxylic acids is 1. The van der Waals surface area contributed by atoms with Gasteiger partial charge in [0, 0.05) is 19.2 Å². The topological polar surface area (TPSA) is 94.3 Å². The second kappa shape index (κ2) is 7.63. The van der Waals surface area contributed by atoms with Crippen LogP contribution in [0.5, 0.6) is 0 Å². The number of hydrogen-bond acceptors (Lipinski definition) is 6. The number of hydrogen-bond donors (Lipinski definition) is 0. The number of thiazole rings is 1. The molecule has 2 aromatic heterocycles. The Labute approximate surface area is 153 Å². The number of rotatable bonds is 6. The van der Waals surface area contributed by atoms with Crippen molar-refractivity contribution in [3.8, 4) is 10.6 Å². The average Bonchev–Trinajstić information content (AvgIpc) is 2.86. The minimum Gasteiger partial charge on any atom is -0.619 e. The smallest absolute Gasteiger partial charge is 0.228 e. The van der Waals surface area contributed by atoms with Gasteiger partial charge in [-0.3, -0.25) is 4.79 Å². The number of anilines is 1. The first kappa shape index (κ1) is 19.5. The average molecular weight is 408 g/mol. The molecule has 0 radical (unpaired) electrons. The van der Waals surface area contributed by atoms with E-state index in [0.717, 1.165) is 36.1 Å². The Hall–Kier alpha value is -1.78. The van der Waals surface area contributed by atoms with E-state index in [2.05, 4.69) is 4.98 Å². The van der Waals surface area contributed by atoms with E-state index in [1.807, 2.05) is 0 Å². The van der Waals surface area contributed by atoms with Gasteiger partial charge in [0.15, 0.2) is 17.2 Å². The fourth-order valence-corrected chi connectivity index (χ4v) is 3.98. The lowest BCUT2D eigenvalue weighted by Crippen LogP contribution is -2.31. The number of carbonyl (C=O) groups is 1. The van der Waals surface area contributed by atoms with Crippen molar-refractivity contribution < 1.29 is 22.3 Å². The molecule has 2 aromatic rings. The van der Waals surface area contributed by atoms with Crippen LogP contribution in [0.25, 0.3) is 10.6 Å². The molecular weight excluding hydrogens is 393 g/mol. The van der Waals surface area contributed by atoms with Gasteiger partial charge in [-0.1, -0.05) is 22.9 Å². The van der Waals surface area contributed by atoms with Gasteiger partial charge in [0.2, 0.25) is 12.1 Å². The maximum Gasteiger partial charge on any atom is 0.228 e. The normalized spacial score (nSPS) is 11.5. The first-order valence-electron chi connectivity index (χ1n) is 7.15. The van der Waals surface area contributed by atoms with Gasteiger partial charge >= 0.3 is 0 Å². The van der Waals surface area contributed by atoms with Crippen LogP contribution in [-0.2, 0) is 14.6 Å². The maximum absolute atomic E-state index is 13.4. The van der Waals surface area contributed by atoms with Crippen LogP contribution >= 0.6 is 22.9 Å². The van der Waals surface area contributed by atoms with Gasteiger partial charge < -0.3 is 10.1 Å². The first-order chi connectivity index (χ1) is 11.6. The molecule has 0 bridgehead atoms. The Morgan fingerprint density at radius 1 is 1.48 bits per heavy atom. The van der Waals surface area contributed by atoms with E-state index in [4.69, 9.17) is 11.6 Å². The molecule has 0 N–H and O–H groups in total. The van der Waals surface area contributed by atoms with E-state index in [1.54, 1.807) is 6.92 Å². The Kier molecular flexibility index (Phi) is 5.96. The molecule has 1 amide bonds. The van der Waals surface area contributed by atoms with Crippen molar-refractivity contribution in [3.05, 3.63) is 34.6 Å². The Balaban J connectivity index is 2.32. The van der Waals surface area contributed by atoms with Gasteiger partial charge in [0.05, 0.1) is 11.3 Å². The summed E-state index contributed by atoms with van der Waals surface area (Å²) in [5.41, 5.74) is 0.229. The Morgan fingerprint density at radius 3 is 2.72 bits per heavy atom. The van der Waals surface area contributed by atoms with Crippen molar-refractivity contribution in [3.63, 3.8) is 0 Å². The lowest BCUT2D eigenvalue weighted by molar-refractivity contribution is -0.606. The van der Waals surface area contributed by atoms with Crippen molar-refractivity contribution in [1.82, 2.24) is 4.98 Å². The molecule has 2 heterocycles. The number of pyridine rings is 1. The third-order valence-corrected chi connectivity index (χ3v) is 5.62. The van der Waals surface area contributed by atoms with Gasteiger partial charge in [-0.15, -0.1) is 0 Å². The molecule has 0 fully saturated rings. The highest BCUT2D eigenvalue weighted by molar-refractivity contribution is 7.90. The zero-order chi connectivity index (χ0) is 18.8. The first-order valence-corrected chi connectivity index (χ1v) is 10.4. The molecule has 0 aliphatic rings. The van der Waals surface area contributed by atoms with Crippen molar-refractivity contribution in [2.75, 3.05) is 23.5 Å². The summed E-state index contributed by atoms with van der Waals surface area (Å²) in [4.78, 5) is 17.7. The summed E-state index contributed by atoms with van der Waals surface area (Å²) in [5.74, 6) is -1.41. The molecule has 0 spiro atoms. The van der Waals surface area contributed by atoms with Crippen LogP contribution in [0.2, 0.25) is 5.15 Å². The minimum atomic E-state index is -3.27. The van der Waals surface area contributed by atoms with Crippen LogP contribution < -0.4 is 9.63 Å². The van der Waals surface area contributed by atoms with Gasteiger partial charge in [-0.2, -0.15) is 4.73 Å². The molecule has 7 nitrogen and oxygen atoms in total. The molecule has 0 saturated heterocycles. The number of nitrogens with zero attached hydrogens (tertiary/aromatic N) is 3. The predicted octanol–water partition coefficient (Wildman–Crippen LogP) is 2.02. The fraction of sp³-hybridized carbons (Fsp3) is 0.357. The zero-order valence-electron chi connectivity index (χ0n) is 13.4. The lowest BCUT2D eigenvalue weighted by atomic mass is 10.3. The molecule has 136 valence electrons. The number of aromatic nitrogens is 2. The molecule has 2 rings (SSSR count). The van der Waals surface area contributed by atoms with E-state index >= 15 is 0 Å². The molecule has 0 saturated carbocycles. The summed E-state index contributed by atoms with van der Waals surface area (Å²) in [6.45, 7) is 1.97. The van der Waals surface area contributed by atoms with Crippen molar-refractivity contribution >= 4 is 43.7 Å². The van der Waals surface area contributed by atoms with Crippen molar-refractivity contribution in [2.45, 2.75) is 13.3 Å². The van der Waals surface area contributed by atoms with Crippen molar-refractivity contribution in [2.24, 2.45) is 0 Å². The van der Waals surface area contributed by atoms with E-state index in [-0.39, 0.29) is 34.4 Å². The SMILES string of the molecule is CCN(C(=O)CCS(C)(=O)=O)c1sc(-c2cc(F)c[n+]([O-])c2)nc1Cl. The molecule has 0 aliphatic heterocycles. The van der Waals surface area contributed by atoms with Crippen molar-refractivity contribution in [1.29, 1.82) is 0 Å². The van der Waals surface area contributed by atoms with Crippen LogP contribution in [0.15, 0.2) is 18.5 Å². The largest absolute Gasteiger partial charge is 0.619 e. The Bertz CT molecular complexity index is 881. The summed E-state index contributed by atoms with van der Waals surface area (Å²) in [5, 5.41) is 12.0. The second-order valence-corrected chi connectivity index (χ2v) is 8.83. The molecule has 0 aromatic carbocycles.